The minimum Gasteiger partial charge on any atom is -0.457 e. The molecule has 0 aliphatic carbocycles. The third-order valence-corrected chi connectivity index (χ3v) is 1.75. The van der Waals surface area contributed by atoms with Gasteiger partial charge in [0, 0.05) is 6.08 Å². The first kappa shape index (κ1) is 10.9. The Morgan fingerprint density at radius 3 is 2.42 bits per heavy atom. The lowest BCUT2D eigenvalue weighted by Gasteiger charge is -2.01. The summed E-state index contributed by atoms with van der Waals surface area (Å²) in [6.45, 7) is 5.50. The molecule has 0 saturated heterocycles. The molecule has 0 aliphatic heterocycles. The van der Waals surface area contributed by atoms with E-state index in [1.54, 1.807) is 0 Å². The Morgan fingerprint density at radius 2 is 2.08 bits per heavy atom. The molecule has 0 bridgehead atoms. The highest BCUT2D eigenvalue weighted by molar-refractivity contribution is 7.89. The molecule has 0 rings (SSSR count). The van der Waals surface area contributed by atoms with Crippen molar-refractivity contribution in [3.8, 4) is 0 Å². The van der Waals surface area contributed by atoms with Crippen LogP contribution in [0.3, 0.4) is 0 Å². The number of carbonyl (C=O) groups excluding carboxylic acids is 1. The predicted molar refractivity (Wildman–Crippen MR) is 41.8 cm³/mol. The topological polar surface area (TPSA) is 80.7 Å². The molecule has 0 aromatic rings. The molecule has 1 N–H and O–H groups in total. The fourth-order valence-corrected chi connectivity index (χ4v) is 0.493. The van der Waals surface area contributed by atoms with Crippen LogP contribution in [0.25, 0.3) is 0 Å². The molecule has 0 unspecified atom stereocenters. The maximum atomic E-state index is 10.4. The average Bonchev–Trinajstić information content (AvgIpc) is 1.97. The SMILES string of the molecule is C=CC(=O)OCC(=C)S(=O)(=O)O. The molecular formula is C6H8O5S. The molecule has 0 fully saturated rings. The van der Waals surface area contributed by atoms with Crippen LogP contribution in [-0.2, 0) is 19.6 Å². The molecule has 0 spiro atoms. The summed E-state index contributed by atoms with van der Waals surface area (Å²) in [4.78, 5) is 9.81. The zero-order chi connectivity index (χ0) is 9.78. The van der Waals surface area contributed by atoms with E-state index in [0.29, 0.717) is 0 Å². The van der Waals surface area contributed by atoms with Gasteiger partial charge in [-0.05, 0) is 0 Å². The summed E-state index contributed by atoms with van der Waals surface area (Å²) in [7, 11) is -4.31. The molecule has 0 amide bonds. The number of ether oxygens (including phenoxy) is 1. The number of rotatable bonds is 4. The van der Waals surface area contributed by atoms with E-state index in [1.165, 1.54) is 0 Å². The Kier molecular flexibility index (Phi) is 3.65. The minimum atomic E-state index is -4.31. The summed E-state index contributed by atoms with van der Waals surface area (Å²) < 4.78 is 33.2. The van der Waals surface area contributed by atoms with Gasteiger partial charge in [-0.25, -0.2) is 4.79 Å². The second-order valence-electron chi connectivity index (χ2n) is 1.83. The first-order valence-corrected chi connectivity index (χ1v) is 4.26. The standard InChI is InChI=1S/C6H8O5S/c1-3-6(7)11-4-5(2)12(8,9)10/h3H,1-2,4H2,(H,8,9,10). The molecule has 12 heavy (non-hydrogen) atoms. The van der Waals surface area contributed by atoms with Gasteiger partial charge >= 0.3 is 5.97 Å². The minimum absolute atomic E-state index is 0.566. The van der Waals surface area contributed by atoms with Crippen molar-refractivity contribution < 1.29 is 22.5 Å². The van der Waals surface area contributed by atoms with Crippen LogP contribution in [0.15, 0.2) is 24.1 Å². The van der Waals surface area contributed by atoms with E-state index < -0.39 is 27.6 Å². The van der Waals surface area contributed by atoms with Crippen molar-refractivity contribution in [2.75, 3.05) is 6.61 Å². The van der Waals surface area contributed by atoms with E-state index in [-0.39, 0.29) is 0 Å². The summed E-state index contributed by atoms with van der Waals surface area (Å²) in [5, 5.41) is 0. The summed E-state index contributed by atoms with van der Waals surface area (Å²) in [5.41, 5.74) is 0. The molecule has 0 heterocycles. The Bertz CT molecular complexity index is 300. The third kappa shape index (κ3) is 3.89. The van der Waals surface area contributed by atoms with Gasteiger partial charge in [-0.3, -0.25) is 4.55 Å². The highest BCUT2D eigenvalue weighted by Crippen LogP contribution is 2.00. The van der Waals surface area contributed by atoms with Crippen molar-refractivity contribution in [1.82, 2.24) is 0 Å². The van der Waals surface area contributed by atoms with Crippen LogP contribution >= 0.6 is 0 Å². The normalized spacial score (nSPS) is 10.4. The quantitative estimate of drug-likeness (QED) is 0.388. The second-order valence-corrected chi connectivity index (χ2v) is 3.35. The second kappa shape index (κ2) is 4.03. The largest absolute Gasteiger partial charge is 0.457 e. The zero-order valence-corrected chi connectivity index (χ0v) is 7.00. The van der Waals surface area contributed by atoms with Gasteiger partial charge < -0.3 is 4.74 Å². The number of esters is 1. The highest BCUT2D eigenvalue weighted by atomic mass is 32.2. The molecule has 6 heteroatoms. The van der Waals surface area contributed by atoms with Gasteiger partial charge in [-0.2, -0.15) is 8.42 Å². The Hall–Kier alpha value is -1.14. The lowest BCUT2D eigenvalue weighted by atomic mass is 10.6. The van der Waals surface area contributed by atoms with Crippen LogP contribution in [0, 0.1) is 0 Å². The molecule has 0 atom stereocenters. The first-order valence-electron chi connectivity index (χ1n) is 2.82. The van der Waals surface area contributed by atoms with Gasteiger partial charge in [0.25, 0.3) is 10.1 Å². The summed E-state index contributed by atoms with van der Waals surface area (Å²) >= 11 is 0. The van der Waals surface area contributed by atoms with E-state index in [2.05, 4.69) is 17.9 Å². The van der Waals surface area contributed by atoms with Crippen molar-refractivity contribution in [3.63, 3.8) is 0 Å². The molecule has 0 aliphatic rings. The summed E-state index contributed by atoms with van der Waals surface area (Å²) in [6.07, 6.45) is 0.872. The average molecular weight is 192 g/mol. The monoisotopic (exact) mass is 192 g/mol. The lowest BCUT2D eigenvalue weighted by molar-refractivity contribution is -0.136. The van der Waals surface area contributed by atoms with Crippen LogP contribution in [0.2, 0.25) is 0 Å². The van der Waals surface area contributed by atoms with Crippen molar-refractivity contribution >= 4 is 16.1 Å². The van der Waals surface area contributed by atoms with Gasteiger partial charge in [-0.1, -0.05) is 13.2 Å². The zero-order valence-electron chi connectivity index (χ0n) is 6.19. The van der Waals surface area contributed by atoms with Crippen molar-refractivity contribution in [1.29, 1.82) is 0 Å². The van der Waals surface area contributed by atoms with Crippen LogP contribution in [-0.4, -0.2) is 25.5 Å². The van der Waals surface area contributed by atoms with Crippen LogP contribution in [0.5, 0.6) is 0 Å². The fraction of sp³-hybridized carbons (Fsp3) is 0.167. The first-order chi connectivity index (χ1) is 5.38. The highest BCUT2D eigenvalue weighted by Gasteiger charge is 2.11. The molecule has 0 aromatic heterocycles. The fourth-order valence-electron chi connectivity index (χ4n) is 0.285. The van der Waals surface area contributed by atoms with Gasteiger partial charge in [0.1, 0.15) is 11.5 Å². The van der Waals surface area contributed by atoms with Gasteiger partial charge in [0.05, 0.1) is 0 Å². The summed E-state index contributed by atoms with van der Waals surface area (Å²) in [6, 6.07) is 0. The van der Waals surface area contributed by atoms with Crippen molar-refractivity contribution in [2.24, 2.45) is 0 Å². The Labute approximate surface area is 70.1 Å². The number of carbonyl (C=O) groups is 1. The van der Waals surface area contributed by atoms with Crippen LogP contribution in [0.1, 0.15) is 0 Å². The maximum absolute atomic E-state index is 10.4. The number of hydrogen-bond acceptors (Lipinski definition) is 4. The van der Waals surface area contributed by atoms with Crippen molar-refractivity contribution in [3.05, 3.63) is 24.1 Å². The van der Waals surface area contributed by atoms with Crippen LogP contribution in [0.4, 0.5) is 0 Å². The van der Waals surface area contributed by atoms with Crippen LogP contribution < -0.4 is 0 Å². The molecule has 0 saturated carbocycles. The summed E-state index contributed by atoms with van der Waals surface area (Å²) in [5.74, 6) is -0.778. The van der Waals surface area contributed by atoms with E-state index in [1.807, 2.05) is 0 Å². The maximum Gasteiger partial charge on any atom is 0.330 e. The molecule has 0 radical (unpaired) electrons. The van der Waals surface area contributed by atoms with E-state index in [0.717, 1.165) is 6.08 Å². The smallest absolute Gasteiger partial charge is 0.330 e. The third-order valence-electron chi connectivity index (χ3n) is 0.907. The van der Waals surface area contributed by atoms with Gasteiger partial charge in [0.15, 0.2) is 0 Å². The lowest BCUT2D eigenvalue weighted by Crippen LogP contribution is -2.10. The number of hydrogen-bond donors (Lipinski definition) is 1. The Balaban J connectivity index is 4.06. The Morgan fingerprint density at radius 1 is 1.58 bits per heavy atom. The van der Waals surface area contributed by atoms with E-state index >= 15 is 0 Å². The van der Waals surface area contributed by atoms with E-state index in [9.17, 15) is 13.2 Å². The molecule has 68 valence electrons. The van der Waals surface area contributed by atoms with E-state index in [4.69, 9.17) is 4.55 Å². The van der Waals surface area contributed by atoms with Crippen molar-refractivity contribution in [2.45, 2.75) is 0 Å². The van der Waals surface area contributed by atoms with Gasteiger partial charge in [-0.15, -0.1) is 0 Å². The predicted octanol–water partition coefficient (Wildman–Crippen LogP) is 0.117. The molecule has 0 aromatic carbocycles. The molecule has 5 nitrogen and oxygen atoms in total. The molecular weight excluding hydrogens is 184 g/mol. The van der Waals surface area contributed by atoms with Gasteiger partial charge in [0.2, 0.25) is 0 Å².